The van der Waals surface area contributed by atoms with Gasteiger partial charge in [-0.3, -0.25) is 14.5 Å². The number of Topliss-reactive ketones (excluding diaryl/α,β-unsaturated/α-hetero) is 2. The normalized spacial score (nSPS) is 36.7. The third-order valence-electron chi connectivity index (χ3n) is 9.82. The molecular weight excluding hydrogens is 478 g/mol. The Labute approximate surface area is 220 Å². The molecule has 2 heterocycles. The summed E-state index contributed by atoms with van der Waals surface area (Å²) in [5, 5.41) is 0. The number of methoxy groups -OCH3 is 1. The van der Waals surface area contributed by atoms with Gasteiger partial charge in [-0.25, -0.2) is 0 Å². The number of ketones is 2. The first-order valence-corrected chi connectivity index (χ1v) is 14.2. The number of carbonyl (C=O) groups excluding carboxylic acids is 2. The summed E-state index contributed by atoms with van der Waals surface area (Å²) < 4.78 is 5.47. The van der Waals surface area contributed by atoms with Crippen molar-refractivity contribution in [2.24, 2.45) is 17.3 Å². The molecule has 184 valence electrons. The minimum atomic E-state index is -0.963. The zero-order valence-corrected chi connectivity index (χ0v) is 21.4. The molecule has 2 aromatic rings. The number of hydrogen-bond donors (Lipinski definition) is 0. The molecule has 5 heteroatoms. The second kappa shape index (κ2) is 7.46. The number of fused-ring (bicyclic) bond motifs is 5. The van der Waals surface area contributed by atoms with Gasteiger partial charge in [0, 0.05) is 41.0 Å². The highest BCUT2D eigenvalue weighted by atomic mass is 32.2. The van der Waals surface area contributed by atoms with Crippen LogP contribution in [0.15, 0.2) is 96.1 Å². The molecule has 2 aromatic carbocycles. The van der Waals surface area contributed by atoms with Gasteiger partial charge in [0.05, 0.1) is 12.5 Å². The van der Waals surface area contributed by atoms with Gasteiger partial charge in [0.15, 0.2) is 11.6 Å². The molecule has 2 aliphatic heterocycles. The number of allylic oxidation sites excluding steroid dienone is 7. The molecule has 3 fully saturated rings. The zero-order valence-electron chi connectivity index (χ0n) is 20.6. The first kappa shape index (κ1) is 21.9. The smallest absolute Gasteiger partial charge is 0.172 e. The van der Waals surface area contributed by atoms with Crippen LogP contribution in [0.3, 0.4) is 0 Å². The van der Waals surface area contributed by atoms with Crippen molar-refractivity contribution in [3.8, 4) is 5.75 Å². The van der Waals surface area contributed by atoms with E-state index in [0.29, 0.717) is 6.42 Å². The molecule has 8 rings (SSSR count). The highest BCUT2D eigenvalue weighted by Gasteiger charge is 2.80. The summed E-state index contributed by atoms with van der Waals surface area (Å²) in [4.78, 5) is 32.4. The van der Waals surface area contributed by atoms with Crippen LogP contribution in [0.25, 0.3) is 0 Å². The molecule has 37 heavy (non-hydrogen) atoms. The molecule has 0 radical (unpaired) electrons. The number of hydrogen-bond acceptors (Lipinski definition) is 5. The predicted molar refractivity (Wildman–Crippen MR) is 145 cm³/mol. The van der Waals surface area contributed by atoms with Gasteiger partial charge in [0.2, 0.25) is 0 Å². The van der Waals surface area contributed by atoms with Crippen molar-refractivity contribution in [1.82, 2.24) is 4.90 Å². The van der Waals surface area contributed by atoms with E-state index in [1.54, 1.807) is 7.11 Å². The second-order valence-electron chi connectivity index (χ2n) is 11.0. The lowest BCUT2D eigenvalue weighted by Crippen LogP contribution is -2.61. The lowest BCUT2D eigenvalue weighted by atomic mass is 9.57. The van der Waals surface area contributed by atoms with Crippen LogP contribution in [0.5, 0.6) is 5.75 Å². The van der Waals surface area contributed by atoms with Gasteiger partial charge in [-0.15, -0.1) is 11.8 Å². The van der Waals surface area contributed by atoms with Crippen LogP contribution in [-0.2, 0) is 11.2 Å². The van der Waals surface area contributed by atoms with Gasteiger partial charge in [-0.2, -0.15) is 0 Å². The van der Waals surface area contributed by atoms with E-state index in [0.717, 1.165) is 39.6 Å². The van der Waals surface area contributed by atoms with Crippen molar-refractivity contribution in [2.45, 2.75) is 23.9 Å². The van der Waals surface area contributed by atoms with Crippen LogP contribution < -0.4 is 4.74 Å². The Kier molecular flexibility index (Phi) is 4.41. The molecule has 0 N–H and O–H groups in total. The Morgan fingerprint density at radius 1 is 1.03 bits per heavy atom. The minimum absolute atomic E-state index is 0.0109. The van der Waals surface area contributed by atoms with Crippen molar-refractivity contribution < 1.29 is 14.3 Å². The summed E-state index contributed by atoms with van der Waals surface area (Å²) in [7, 11) is 1.67. The third kappa shape index (κ3) is 2.41. The van der Waals surface area contributed by atoms with Crippen LogP contribution >= 0.6 is 11.8 Å². The number of rotatable bonds is 2. The molecule has 0 amide bonds. The SMILES string of the molecule is COc1ccc(C2C3CSCN3C3(C(=O)C4C=CC=C5C=CC=C3C54)C23Cc2ccccc2C3=O)cc1. The lowest BCUT2D eigenvalue weighted by molar-refractivity contribution is -0.131. The fraction of sp³-hybridized carbons (Fsp3) is 0.312. The molecular formula is C32H27NO3S. The quantitative estimate of drug-likeness (QED) is 0.566. The highest BCUT2D eigenvalue weighted by Crippen LogP contribution is 2.71. The topological polar surface area (TPSA) is 46.6 Å². The van der Waals surface area contributed by atoms with E-state index in [1.807, 2.05) is 48.2 Å². The van der Waals surface area contributed by atoms with Gasteiger partial charge in [0.1, 0.15) is 11.3 Å². The maximum absolute atomic E-state index is 15.0. The average molecular weight is 506 g/mol. The molecule has 0 aromatic heterocycles. The van der Waals surface area contributed by atoms with Crippen LogP contribution in [0.4, 0.5) is 0 Å². The molecule has 6 atom stereocenters. The molecule has 6 aliphatic rings. The first-order chi connectivity index (χ1) is 18.1. The van der Waals surface area contributed by atoms with Gasteiger partial charge < -0.3 is 4.74 Å². The Bertz CT molecular complexity index is 1500. The number of ether oxygens (including phenoxy) is 1. The summed E-state index contributed by atoms with van der Waals surface area (Å²) in [5.74, 6) is 2.50. The zero-order chi connectivity index (χ0) is 24.9. The van der Waals surface area contributed by atoms with E-state index in [2.05, 4.69) is 53.5 Å². The summed E-state index contributed by atoms with van der Waals surface area (Å²) in [6.07, 6.45) is 13.2. The highest BCUT2D eigenvalue weighted by molar-refractivity contribution is 7.99. The van der Waals surface area contributed by atoms with E-state index in [-0.39, 0.29) is 35.4 Å². The fourth-order valence-corrected chi connectivity index (χ4v) is 9.93. The molecule has 6 unspecified atom stereocenters. The summed E-state index contributed by atoms with van der Waals surface area (Å²) in [6.45, 7) is 0. The summed E-state index contributed by atoms with van der Waals surface area (Å²) in [6, 6.07) is 16.4. The lowest BCUT2D eigenvalue weighted by Gasteiger charge is -2.46. The molecule has 1 saturated carbocycles. The van der Waals surface area contributed by atoms with Gasteiger partial charge in [-0.1, -0.05) is 72.9 Å². The third-order valence-corrected chi connectivity index (χ3v) is 10.9. The summed E-state index contributed by atoms with van der Waals surface area (Å²) in [5.41, 5.74) is 3.44. The van der Waals surface area contributed by atoms with E-state index in [1.165, 1.54) is 5.57 Å². The van der Waals surface area contributed by atoms with Crippen molar-refractivity contribution >= 4 is 23.3 Å². The number of carbonyl (C=O) groups is 2. The van der Waals surface area contributed by atoms with E-state index in [4.69, 9.17) is 4.74 Å². The molecule has 2 saturated heterocycles. The van der Waals surface area contributed by atoms with Crippen molar-refractivity contribution in [2.75, 3.05) is 18.7 Å². The van der Waals surface area contributed by atoms with Crippen molar-refractivity contribution in [1.29, 1.82) is 0 Å². The predicted octanol–water partition coefficient (Wildman–Crippen LogP) is 5.14. The van der Waals surface area contributed by atoms with Crippen LogP contribution in [-0.4, -0.2) is 46.8 Å². The molecule has 4 nitrogen and oxygen atoms in total. The maximum Gasteiger partial charge on any atom is 0.172 e. The Morgan fingerprint density at radius 2 is 1.86 bits per heavy atom. The number of nitrogens with zero attached hydrogens (tertiary/aromatic N) is 1. The van der Waals surface area contributed by atoms with Crippen LogP contribution in [0, 0.1) is 17.3 Å². The van der Waals surface area contributed by atoms with Gasteiger partial charge in [0.25, 0.3) is 0 Å². The standard InChI is InChI=1S/C32H27NO3S/c1-36-22-14-12-20(13-15-22)28-26-17-37-18-33(26)32(31(28)16-21-6-2-3-9-23(21)29(31)34)25-11-5-8-19-7-4-10-24(27(19)25)30(32)35/h2-15,24,26-28H,16-18H2,1H3. The van der Waals surface area contributed by atoms with Gasteiger partial charge in [-0.05, 0) is 40.8 Å². The molecule has 0 bridgehead atoms. The van der Waals surface area contributed by atoms with Crippen LogP contribution in [0.2, 0.25) is 0 Å². The Morgan fingerprint density at radius 3 is 2.68 bits per heavy atom. The number of thioether (sulfide) groups is 1. The second-order valence-corrected chi connectivity index (χ2v) is 12.0. The molecule has 4 aliphatic carbocycles. The largest absolute Gasteiger partial charge is 0.497 e. The van der Waals surface area contributed by atoms with E-state index in [9.17, 15) is 4.79 Å². The minimum Gasteiger partial charge on any atom is -0.497 e. The van der Waals surface area contributed by atoms with Crippen molar-refractivity contribution in [3.63, 3.8) is 0 Å². The fourth-order valence-electron chi connectivity index (χ4n) is 8.63. The summed E-state index contributed by atoms with van der Waals surface area (Å²) >= 11 is 1.89. The monoisotopic (exact) mass is 505 g/mol. The van der Waals surface area contributed by atoms with Crippen LogP contribution in [0.1, 0.15) is 27.4 Å². The van der Waals surface area contributed by atoms with Crippen molar-refractivity contribution in [3.05, 3.63) is 113 Å². The van der Waals surface area contributed by atoms with E-state index < -0.39 is 11.0 Å². The Balaban J connectivity index is 1.45. The van der Waals surface area contributed by atoms with E-state index >= 15 is 4.79 Å². The molecule has 2 spiro atoms. The Hall–Kier alpha value is -3.15. The maximum atomic E-state index is 15.0. The number of benzene rings is 2. The van der Waals surface area contributed by atoms with Gasteiger partial charge >= 0.3 is 0 Å². The average Bonchev–Trinajstić information content (AvgIpc) is 3.65. The first-order valence-electron chi connectivity index (χ1n) is 13.1.